The number of carbonyl (C=O) groups is 1. The highest BCUT2D eigenvalue weighted by Crippen LogP contribution is 2.33. The number of aromatic amines is 1. The number of rotatable bonds is 7. The van der Waals surface area contributed by atoms with E-state index < -0.39 is 18.6 Å². The molecular weight excluding hydrogens is 451 g/mol. The Kier molecular flexibility index (Phi) is 6.21. The number of ether oxygens (including phenoxy) is 1. The van der Waals surface area contributed by atoms with Crippen LogP contribution in [0.25, 0.3) is 22.5 Å². The minimum absolute atomic E-state index is 0.104. The van der Waals surface area contributed by atoms with Gasteiger partial charge in [0.25, 0.3) is 5.91 Å². The number of anilines is 2. The van der Waals surface area contributed by atoms with Crippen molar-refractivity contribution in [3.05, 3.63) is 60.4 Å². The first-order valence-corrected chi connectivity index (χ1v) is 10.0. The highest BCUT2D eigenvalue weighted by molar-refractivity contribution is 5.94. The summed E-state index contributed by atoms with van der Waals surface area (Å²) in [6, 6.07) is 11.6. The topological polar surface area (TPSA) is 110 Å². The second-order valence-electron chi connectivity index (χ2n) is 7.28. The quantitative estimate of drug-likeness (QED) is 0.377. The van der Waals surface area contributed by atoms with Crippen molar-refractivity contribution in [2.45, 2.75) is 6.18 Å². The Bertz CT molecular complexity index is 1280. The SMILES string of the molecule is COc1cc(Nc2nc(-c3ccc(C(=O)NCC(F)(F)F)cc3)nn2C)ccc1-c1cn[nH]c1. The molecule has 12 heteroatoms. The molecule has 0 unspecified atom stereocenters. The highest BCUT2D eigenvalue weighted by atomic mass is 19.4. The molecule has 0 atom stereocenters. The molecule has 2 aromatic carbocycles. The Balaban J connectivity index is 1.49. The lowest BCUT2D eigenvalue weighted by molar-refractivity contribution is -0.123. The molecule has 3 N–H and O–H groups in total. The standard InChI is InChI=1S/C22H20F3N7O2/c1-32-21(29-16-7-8-17(18(9-16)34-2)15-10-27-28-11-15)30-19(31-32)13-3-5-14(6-4-13)20(33)26-12-22(23,24)25/h3-11H,12H2,1-2H3,(H,26,33)(H,27,28)(H,29,30,31). The van der Waals surface area contributed by atoms with Crippen LogP contribution in [-0.2, 0) is 7.05 Å². The molecule has 0 aliphatic rings. The largest absolute Gasteiger partial charge is 0.496 e. The van der Waals surface area contributed by atoms with Gasteiger partial charge in [0, 0.05) is 47.3 Å². The lowest BCUT2D eigenvalue weighted by atomic mass is 10.1. The predicted molar refractivity (Wildman–Crippen MR) is 119 cm³/mol. The van der Waals surface area contributed by atoms with Crippen LogP contribution in [0.4, 0.5) is 24.8 Å². The molecular formula is C22H20F3N7O2. The molecule has 1 amide bonds. The van der Waals surface area contributed by atoms with Gasteiger partial charge < -0.3 is 15.4 Å². The number of amides is 1. The number of benzene rings is 2. The third-order valence-corrected chi connectivity index (χ3v) is 4.88. The maximum atomic E-state index is 12.3. The Hall–Kier alpha value is -4.35. The molecule has 0 aliphatic carbocycles. The highest BCUT2D eigenvalue weighted by Gasteiger charge is 2.27. The summed E-state index contributed by atoms with van der Waals surface area (Å²) in [6.45, 7) is -1.39. The molecule has 0 saturated carbocycles. The van der Waals surface area contributed by atoms with E-state index in [2.05, 4.69) is 25.6 Å². The number of nitrogens with zero attached hydrogens (tertiary/aromatic N) is 4. The molecule has 0 saturated heterocycles. The van der Waals surface area contributed by atoms with Crippen LogP contribution in [0.5, 0.6) is 5.75 Å². The number of methoxy groups -OCH3 is 1. The van der Waals surface area contributed by atoms with Crippen molar-refractivity contribution in [1.82, 2.24) is 30.3 Å². The first-order valence-electron chi connectivity index (χ1n) is 10.0. The van der Waals surface area contributed by atoms with Gasteiger partial charge >= 0.3 is 6.18 Å². The zero-order chi connectivity index (χ0) is 24.3. The minimum Gasteiger partial charge on any atom is -0.496 e. The molecule has 0 radical (unpaired) electrons. The summed E-state index contributed by atoms with van der Waals surface area (Å²) in [5.74, 6) is 0.676. The van der Waals surface area contributed by atoms with E-state index in [0.717, 1.165) is 16.8 Å². The van der Waals surface area contributed by atoms with Crippen molar-refractivity contribution in [2.24, 2.45) is 7.05 Å². The molecule has 4 rings (SSSR count). The van der Waals surface area contributed by atoms with Crippen LogP contribution in [0.1, 0.15) is 10.4 Å². The maximum Gasteiger partial charge on any atom is 0.405 e. The van der Waals surface area contributed by atoms with E-state index in [4.69, 9.17) is 4.74 Å². The number of aryl methyl sites for hydroxylation is 1. The maximum absolute atomic E-state index is 12.3. The molecule has 0 bridgehead atoms. The van der Waals surface area contributed by atoms with Gasteiger partial charge in [0.1, 0.15) is 12.3 Å². The Morgan fingerprint density at radius 1 is 1.15 bits per heavy atom. The third kappa shape index (κ3) is 5.17. The van der Waals surface area contributed by atoms with Crippen molar-refractivity contribution >= 4 is 17.5 Å². The van der Waals surface area contributed by atoms with Crippen LogP contribution in [-0.4, -0.2) is 50.7 Å². The van der Waals surface area contributed by atoms with Gasteiger partial charge in [-0.05, 0) is 24.3 Å². The van der Waals surface area contributed by atoms with Crippen LogP contribution < -0.4 is 15.4 Å². The number of hydrogen-bond acceptors (Lipinski definition) is 6. The van der Waals surface area contributed by atoms with Crippen LogP contribution in [0.15, 0.2) is 54.9 Å². The lowest BCUT2D eigenvalue weighted by Gasteiger charge is -2.10. The summed E-state index contributed by atoms with van der Waals surface area (Å²) in [6.07, 6.45) is -1.00. The second-order valence-corrected chi connectivity index (χ2v) is 7.28. The molecule has 4 aromatic rings. The van der Waals surface area contributed by atoms with Gasteiger partial charge in [-0.25, -0.2) is 4.68 Å². The van der Waals surface area contributed by atoms with E-state index in [-0.39, 0.29) is 5.56 Å². The summed E-state index contributed by atoms with van der Waals surface area (Å²) in [7, 11) is 3.30. The van der Waals surface area contributed by atoms with Crippen LogP contribution in [0.2, 0.25) is 0 Å². The number of halogens is 3. The predicted octanol–water partition coefficient (Wildman–Crippen LogP) is 3.92. The van der Waals surface area contributed by atoms with Gasteiger partial charge in [0.05, 0.1) is 13.3 Å². The van der Waals surface area contributed by atoms with Gasteiger partial charge in [-0.3, -0.25) is 9.89 Å². The average Bonchev–Trinajstić information content (AvgIpc) is 3.47. The second kappa shape index (κ2) is 9.25. The van der Waals surface area contributed by atoms with Gasteiger partial charge in [0.2, 0.25) is 5.95 Å². The van der Waals surface area contributed by atoms with E-state index in [9.17, 15) is 18.0 Å². The van der Waals surface area contributed by atoms with Gasteiger partial charge in [-0.1, -0.05) is 12.1 Å². The smallest absolute Gasteiger partial charge is 0.405 e. The first-order chi connectivity index (χ1) is 16.2. The summed E-state index contributed by atoms with van der Waals surface area (Å²) in [4.78, 5) is 16.4. The van der Waals surface area contributed by atoms with E-state index in [0.29, 0.717) is 23.1 Å². The zero-order valence-corrected chi connectivity index (χ0v) is 18.1. The first kappa shape index (κ1) is 22.8. The summed E-state index contributed by atoms with van der Waals surface area (Å²) >= 11 is 0. The molecule has 2 aromatic heterocycles. The lowest BCUT2D eigenvalue weighted by Crippen LogP contribution is -2.33. The number of aromatic nitrogens is 5. The fourth-order valence-electron chi connectivity index (χ4n) is 3.20. The number of nitrogens with one attached hydrogen (secondary N) is 3. The fraction of sp³-hybridized carbons (Fsp3) is 0.182. The monoisotopic (exact) mass is 471 g/mol. The Labute approximate surface area is 192 Å². The van der Waals surface area contributed by atoms with Crippen LogP contribution in [0, 0.1) is 0 Å². The van der Waals surface area contributed by atoms with E-state index in [1.807, 2.05) is 23.5 Å². The number of carbonyl (C=O) groups excluding carboxylic acids is 1. The number of alkyl halides is 3. The number of H-pyrrole nitrogens is 1. The molecule has 0 spiro atoms. The zero-order valence-electron chi connectivity index (χ0n) is 18.1. The molecule has 0 fully saturated rings. The third-order valence-electron chi connectivity index (χ3n) is 4.88. The van der Waals surface area contributed by atoms with Crippen molar-refractivity contribution < 1.29 is 22.7 Å². The minimum atomic E-state index is -4.47. The van der Waals surface area contributed by atoms with Crippen LogP contribution in [0.3, 0.4) is 0 Å². The van der Waals surface area contributed by atoms with E-state index in [1.54, 1.807) is 43.4 Å². The Morgan fingerprint density at radius 2 is 1.91 bits per heavy atom. The van der Waals surface area contributed by atoms with Gasteiger partial charge in [-0.2, -0.15) is 23.3 Å². The fourth-order valence-corrected chi connectivity index (χ4v) is 3.20. The molecule has 0 aliphatic heterocycles. The Morgan fingerprint density at radius 3 is 2.56 bits per heavy atom. The molecule has 34 heavy (non-hydrogen) atoms. The van der Waals surface area contributed by atoms with Gasteiger partial charge in [0.15, 0.2) is 5.82 Å². The average molecular weight is 471 g/mol. The molecule has 176 valence electrons. The van der Waals surface area contributed by atoms with E-state index in [1.165, 1.54) is 12.1 Å². The van der Waals surface area contributed by atoms with Gasteiger partial charge in [-0.15, -0.1) is 5.10 Å². The summed E-state index contributed by atoms with van der Waals surface area (Å²) < 4.78 is 43.9. The summed E-state index contributed by atoms with van der Waals surface area (Å²) in [5.41, 5.74) is 3.19. The molecule has 9 nitrogen and oxygen atoms in total. The van der Waals surface area contributed by atoms with E-state index >= 15 is 0 Å². The number of hydrogen-bond donors (Lipinski definition) is 3. The normalized spacial score (nSPS) is 11.3. The van der Waals surface area contributed by atoms with Crippen molar-refractivity contribution in [2.75, 3.05) is 19.0 Å². The van der Waals surface area contributed by atoms with Crippen molar-refractivity contribution in [1.29, 1.82) is 0 Å². The van der Waals surface area contributed by atoms with Crippen molar-refractivity contribution in [3.8, 4) is 28.3 Å². The van der Waals surface area contributed by atoms with Crippen LogP contribution >= 0.6 is 0 Å². The summed E-state index contributed by atoms with van der Waals surface area (Å²) in [5, 5.41) is 16.1. The van der Waals surface area contributed by atoms with Crippen molar-refractivity contribution in [3.63, 3.8) is 0 Å². The molecule has 2 heterocycles.